The van der Waals surface area contributed by atoms with E-state index in [9.17, 15) is 13.6 Å². The molecule has 0 fully saturated rings. The van der Waals surface area contributed by atoms with Crippen molar-refractivity contribution >= 4 is 5.97 Å². The first-order valence-electron chi connectivity index (χ1n) is 6.57. The number of benzene rings is 1. The Morgan fingerprint density at radius 1 is 1.35 bits per heavy atom. The van der Waals surface area contributed by atoms with Crippen LogP contribution in [0.25, 0.3) is 0 Å². The number of hydrogen-bond donors (Lipinski definition) is 1. The Labute approximate surface area is 117 Å². The molecule has 1 rings (SSSR count). The fraction of sp³-hybridized carbons (Fsp3) is 0.500. The third-order valence-corrected chi connectivity index (χ3v) is 2.53. The molecular weight excluding hydrogens is 268 g/mol. The molecule has 6 heteroatoms. The molecule has 0 amide bonds. The van der Waals surface area contributed by atoms with Crippen LogP contribution in [0.5, 0.6) is 5.75 Å². The van der Waals surface area contributed by atoms with Crippen molar-refractivity contribution in [1.82, 2.24) is 5.32 Å². The second kappa shape index (κ2) is 8.47. The SMILES string of the molecule is CCCNC(COc1cccc(F)c1F)C(=O)OCC. The van der Waals surface area contributed by atoms with Gasteiger partial charge in [-0.25, -0.2) is 4.39 Å². The molecule has 0 spiro atoms. The monoisotopic (exact) mass is 287 g/mol. The molecule has 1 N–H and O–H groups in total. The number of carbonyl (C=O) groups excluding carboxylic acids is 1. The van der Waals surface area contributed by atoms with E-state index in [4.69, 9.17) is 9.47 Å². The van der Waals surface area contributed by atoms with Crippen molar-refractivity contribution in [2.24, 2.45) is 0 Å². The number of halogens is 2. The van der Waals surface area contributed by atoms with Crippen LogP contribution >= 0.6 is 0 Å². The summed E-state index contributed by atoms with van der Waals surface area (Å²) in [4.78, 5) is 11.7. The van der Waals surface area contributed by atoms with E-state index in [2.05, 4.69) is 5.32 Å². The van der Waals surface area contributed by atoms with Gasteiger partial charge in [-0.05, 0) is 32.0 Å². The van der Waals surface area contributed by atoms with E-state index in [0.29, 0.717) is 6.54 Å². The van der Waals surface area contributed by atoms with E-state index in [1.165, 1.54) is 12.1 Å². The van der Waals surface area contributed by atoms with Gasteiger partial charge in [-0.2, -0.15) is 4.39 Å². The lowest BCUT2D eigenvalue weighted by Gasteiger charge is -2.17. The summed E-state index contributed by atoms with van der Waals surface area (Å²) in [6.07, 6.45) is 0.824. The number of rotatable bonds is 8. The highest BCUT2D eigenvalue weighted by atomic mass is 19.2. The Bertz CT molecular complexity index is 440. The zero-order valence-corrected chi connectivity index (χ0v) is 11.6. The number of ether oxygens (including phenoxy) is 2. The highest BCUT2D eigenvalue weighted by Crippen LogP contribution is 2.19. The van der Waals surface area contributed by atoms with Gasteiger partial charge >= 0.3 is 5.97 Å². The summed E-state index contributed by atoms with van der Waals surface area (Å²) < 4.78 is 36.5. The largest absolute Gasteiger partial charge is 0.488 e. The Kier molecular flexibility index (Phi) is 6.93. The van der Waals surface area contributed by atoms with Gasteiger partial charge in [-0.1, -0.05) is 13.0 Å². The zero-order chi connectivity index (χ0) is 15.0. The van der Waals surface area contributed by atoms with Crippen LogP contribution in [0, 0.1) is 11.6 Å². The van der Waals surface area contributed by atoms with Gasteiger partial charge in [0.1, 0.15) is 12.6 Å². The number of nitrogens with one attached hydrogen (secondary N) is 1. The Morgan fingerprint density at radius 3 is 2.75 bits per heavy atom. The fourth-order valence-electron chi connectivity index (χ4n) is 1.54. The highest BCUT2D eigenvalue weighted by Gasteiger charge is 2.20. The molecular formula is C14H19F2NO3. The van der Waals surface area contributed by atoms with E-state index in [1.54, 1.807) is 6.92 Å². The maximum absolute atomic E-state index is 13.4. The molecule has 1 unspecified atom stereocenters. The minimum atomic E-state index is -1.06. The second-order valence-electron chi connectivity index (χ2n) is 4.12. The molecule has 112 valence electrons. The first kappa shape index (κ1) is 16.4. The Morgan fingerprint density at radius 2 is 2.10 bits per heavy atom. The van der Waals surface area contributed by atoms with Crippen molar-refractivity contribution in [1.29, 1.82) is 0 Å². The predicted octanol–water partition coefficient (Wildman–Crippen LogP) is 2.27. The smallest absolute Gasteiger partial charge is 0.326 e. The van der Waals surface area contributed by atoms with Crippen LogP contribution in [-0.2, 0) is 9.53 Å². The van der Waals surface area contributed by atoms with Crippen molar-refractivity contribution in [3.05, 3.63) is 29.8 Å². The van der Waals surface area contributed by atoms with E-state index in [-0.39, 0.29) is 19.0 Å². The van der Waals surface area contributed by atoms with E-state index in [0.717, 1.165) is 12.5 Å². The van der Waals surface area contributed by atoms with Gasteiger partial charge in [0.05, 0.1) is 6.61 Å². The highest BCUT2D eigenvalue weighted by molar-refractivity contribution is 5.76. The molecule has 0 bridgehead atoms. The third kappa shape index (κ3) is 4.77. The van der Waals surface area contributed by atoms with Gasteiger partial charge in [-0.3, -0.25) is 4.79 Å². The van der Waals surface area contributed by atoms with Crippen molar-refractivity contribution in [2.45, 2.75) is 26.3 Å². The van der Waals surface area contributed by atoms with Gasteiger partial charge in [0.2, 0.25) is 5.82 Å². The number of carbonyl (C=O) groups is 1. The van der Waals surface area contributed by atoms with Crippen molar-refractivity contribution in [2.75, 3.05) is 19.8 Å². The molecule has 1 atom stereocenters. The number of esters is 1. The Hall–Kier alpha value is -1.69. The van der Waals surface area contributed by atoms with Crippen LogP contribution in [0.3, 0.4) is 0 Å². The van der Waals surface area contributed by atoms with Crippen molar-refractivity contribution in [3.8, 4) is 5.75 Å². The van der Waals surface area contributed by atoms with Crippen LogP contribution in [-0.4, -0.2) is 31.8 Å². The first-order valence-corrected chi connectivity index (χ1v) is 6.57. The minimum absolute atomic E-state index is 0.126. The molecule has 4 nitrogen and oxygen atoms in total. The molecule has 1 aromatic carbocycles. The Balaban J connectivity index is 2.65. The summed E-state index contributed by atoms with van der Waals surface area (Å²) in [5, 5.41) is 2.94. The van der Waals surface area contributed by atoms with E-state index in [1.807, 2.05) is 6.92 Å². The van der Waals surface area contributed by atoms with E-state index < -0.39 is 23.6 Å². The summed E-state index contributed by atoms with van der Waals surface area (Å²) in [6.45, 7) is 4.36. The zero-order valence-electron chi connectivity index (χ0n) is 11.6. The molecule has 0 aliphatic carbocycles. The lowest BCUT2D eigenvalue weighted by Crippen LogP contribution is -2.43. The lowest BCUT2D eigenvalue weighted by atomic mass is 10.3. The van der Waals surface area contributed by atoms with Crippen molar-refractivity contribution < 1.29 is 23.0 Å². The van der Waals surface area contributed by atoms with Gasteiger partial charge in [0.15, 0.2) is 11.6 Å². The average molecular weight is 287 g/mol. The summed E-state index contributed by atoms with van der Waals surface area (Å²) in [6, 6.07) is 2.94. The molecule has 0 saturated carbocycles. The molecule has 1 aromatic rings. The van der Waals surface area contributed by atoms with Gasteiger partial charge in [0, 0.05) is 0 Å². The number of hydrogen-bond acceptors (Lipinski definition) is 4. The van der Waals surface area contributed by atoms with Crippen LogP contribution in [0.15, 0.2) is 18.2 Å². The summed E-state index contributed by atoms with van der Waals surface area (Å²) in [7, 11) is 0. The summed E-state index contributed by atoms with van der Waals surface area (Å²) >= 11 is 0. The van der Waals surface area contributed by atoms with Gasteiger partial charge in [0.25, 0.3) is 0 Å². The topological polar surface area (TPSA) is 47.6 Å². The quantitative estimate of drug-likeness (QED) is 0.745. The van der Waals surface area contributed by atoms with Crippen molar-refractivity contribution in [3.63, 3.8) is 0 Å². The molecule has 20 heavy (non-hydrogen) atoms. The maximum atomic E-state index is 13.4. The molecule has 0 heterocycles. The van der Waals surface area contributed by atoms with Crippen LogP contribution < -0.4 is 10.1 Å². The molecule has 0 aromatic heterocycles. The third-order valence-electron chi connectivity index (χ3n) is 2.53. The molecule has 0 aliphatic heterocycles. The fourth-order valence-corrected chi connectivity index (χ4v) is 1.54. The van der Waals surface area contributed by atoms with Gasteiger partial charge in [-0.15, -0.1) is 0 Å². The average Bonchev–Trinajstić information content (AvgIpc) is 2.43. The van der Waals surface area contributed by atoms with E-state index >= 15 is 0 Å². The predicted molar refractivity (Wildman–Crippen MR) is 70.6 cm³/mol. The molecule has 0 aliphatic rings. The second-order valence-corrected chi connectivity index (χ2v) is 4.12. The summed E-state index contributed by atoms with van der Waals surface area (Å²) in [5.41, 5.74) is 0. The standard InChI is InChI=1S/C14H19F2NO3/c1-3-8-17-11(14(18)19-4-2)9-20-12-7-5-6-10(15)13(12)16/h5-7,11,17H,3-4,8-9H2,1-2H3. The minimum Gasteiger partial charge on any atom is -0.488 e. The molecule has 0 saturated heterocycles. The molecule has 0 radical (unpaired) electrons. The normalized spacial score (nSPS) is 12.0. The van der Waals surface area contributed by atoms with Gasteiger partial charge < -0.3 is 14.8 Å². The van der Waals surface area contributed by atoms with Crippen LogP contribution in [0.2, 0.25) is 0 Å². The first-order chi connectivity index (χ1) is 9.60. The van der Waals surface area contributed by atoms with Crippen LogP contribution in [0.1, 0.15) is 20.3 Å². The summed E-state index contributed by atoms with van der Waals surface area (Å²) in [5.74, 6) is -2.75. The maximum Gasteiger partial charge on any atom is 0.326 e. The lowest BCUT2D eigenvalue weighted by molar-refractivity contribution is -0.146. The van der Waals surface area contributed by atoms with Crippen LogP contribution in [0.4, 0.5) is 8.78 Å².